The van der Waals surface area contributed by atoms with Gasteiger partial charge in [-0.3, -0.25) is 14.1 Å². The van der Waals surface area contributed by atoms with Gasteiger partial charge in [0.25, 0.3) is 5.91 Å². The van der Waals surface area contributed by atoms with Crippen LogP contribution < -0.4 is 4.72 Å². The molecule has 0 radical (unpaired) electrons. The maximum Gasteiger partial charge on any atom is 0.490 e. The first kappa shape index (κ1) is 31.8. The number of sulfonamides is 1. The van der Waals surface area contributed by atoms with E-state index in [-0.39, 0.29) is 17.3 Å². The Morgan fingerprint density at radius 1 is 1.00 bits per heavy atom. The van der Waals surface area contributed by atoms with Gasteiger partial charge in [0.1, 0.15) is 11.6 Å². The molecule has 5 rings (SSSR count). The molecule has 0 unspecified atom stereocenters. The van der Waals surface area contributed by atoms with Crippen molar-refractivity contribution in [3.8, 4) is 0 Å². The molecule has 0 spiro atoms. The SMILES string of the molecule is O=C(NS(=O)(=O)C1CC1)c1cc(C2CC2)c(CN2CCC(CF)(c3ccc(F)cc3)CC2)cc1F.O=C(O)C(F)(F)F. The van der Waals surface area contributed by atoms with Crippen LogP contribution in [0.5, 0.6) is 0 Å². The predicted molar refractivity (Wildman–Crippen MR) is 140 cm³/mol. The summed E-state index contributed by atoms with van der Waals surface area (Å²) in [7, 11) is -3.77. The van der Waals surface area contributed by atoms with Crippen molar-refractivity contribution in [2.45, 2.75) is 67.8 Å². The van der Waals surface area contributed by atoms with Gasteiger partial charge in [0, 0.05) is 12.0 Å². The van der Waals surface area contributed by atoms with Gasteiger partial charge in [-0.2, -0.15) is 13.2 Å². The van der Waals surface area contributed by atoms with Gasteiger partial charge in [-0.1, -0.05) is 12.1 Å². The normalized spacial score (nSPS) is 19.0. The number of benzene rings is 2. The second-order valence-corrected chi connectivity index (χ2v) is 12.9. The number of rotatable bonds is 8. The Hall–Kier alpha value is -3.13. The third-order valence-corrected chi connectivity index (χ3v) is 9.67. The number of alkyl halides is 4. The number of likely N-dealkylation sites (tertiary alicyclic amines) is 1. The highest BCUT2D eigenvalue weighted by molar-refractivity contribution is 7.91. The smallest absolute Gasteiger partial charge is 0.475 e. The molecule has 2 aliphatic carbocycles. The number of piperidine rings is 1. The Morgan fingerprint density at radius 3 is 2.05 bits per heavy atom. The molecule has 3 aliphatic rings. The summed E-state index contributed by atoms with van der Waals surface area (Å²) in [6.07, 6.45) is -1.05. The topological polar surface area (TPSA) is 104 Å². The molecule has 0 aromatic heterocycles. The summed E-state index contributed by atoms with van der Waals surface area (Å²) in [6, 6.07) is 8.88. The Labute approximate surface area is 238 Å². The van der Waals surface area contributed by atoms with Crippen LogP contribution in [-0.2, 0) is 26.8 Å². The predicted octanol–water partition coefficient (Wildman–Crippen LogP) is 5.20. The highest BCUT2D eigenvalue weighted by Gasteiger charge is 2.40. The Morgan fingerprint density at radius 2 is 1.57 bits per heavy atom. The van der Waals surface area contributed by atoms with Crippen LogP contribution in [0.25, 0.3) is 0 Å². The van der Waals surface area contributed by atoms with Crippen molar-refractivity contribution in [3.05, 3.63) is 70.3 Å². The molecule has 3 fully saturated rings. The molecule has 1 amide bonds. The monoisotopic (exact) mass is 620 g/mol. The van der Waals surface area contributed by atoms with Gasteiger partial charge in [-0.15, -0.1) is 0 Å². The molecule has 7 nitrogen and oxygen atoms in total. The van der Waals surface area contributed by atoms with Crippen LogP contribution in [0.2, 0.25) is 0 Å². The average molecular weight is 621 g/mol. The zero-order valence-corrected chi connectivity index (χ0v) is 23.2. The largest absolute Gasteiger partial charge is 0.490 e. The molecular weight excluding hydrogens is 590 g/mol. The van der Waals surface area contributed by atoms with Crippen molar-refractivity contribution in [1.29, 1.82) is 0 Å². The number of carbonyl (C=O) groups excluding carboxylic acids is 1. The molecule has 14 heteroatoms. The number of nitrogens with zero attached hydrogens (tertiary/aromatic N) is 1. The second kappa shape index (κ2) is 12.2. The first-order chi connectivity index (χ1) is 19.6. The fourth-order valence-electron chi connectivity index (χ4n) is 5.05. The van der Waals surface area contributed by atoms with Crippen LogP contribution in [0.3, 0.4) is 0 Å². The zero-order valence-electron chi connectivity index (χ0n) is 22.4. The number of carbonyl (C=O) groups is 2. The number of aliphatic carboxylic acids is 1. The van der Waals surface area contributed by atoms with E-state index in [4.69, 9.17) is 9.90 Å². The van der Waals surface area contributed by atoms with Gasteiger partial charge < -0.3 is 5.11 Å². The minimum absolute atomic E-state index is 0.228. The molecule has 230 valence electrons. The fourth-order valence-corrected chi connectivity index (χ4v) is 6.34. The summed E-state index contributed by atoms with van der Waals surface area (Å²) in [4.78, 5) is 23.6. The van der Waals surface area contributed by atoms with Crippen LogP contribution in [0.15, 0.2) is 36.4 Å². The quantitative estimate of drug-likeness (QED) is 0.394. The molecular formula is C28H30F6N2O5S. The minimum Gasteiger partial charge on any atom is -0.475 e. The highest BCUT2D eigenvalue weighted by Crippen LogP contribution is 2.43. The maximum atomic E-state index is 15.0. The van der Waals surface area contributed by atoms with E-state index in [2.05, 4.69) is 4.90 Å². The molecule has 1 heterocycles. The summed E-state index contributed by atoms with van der Waals surface area (Å²) in [5.74, 6) is -4.54. The first-order valence-corrected chi connectivity index (χ1v) is 14.9. The van der Waals surface area contributed by atoms with Crippen LogP contribution in [0, 0.1) is 11.6 Å². The van der Waals surface area contributed by atoms with Gasteiger partial charge >= 0.3 is 12.1 Å². The molecule has 0 atom stereocenters. The van der Waals surface area contributed by atoms with Crippen LogP contribution in [-0.4, -0.2) is 61.5 Å². The van der Waals surface area contributed by atoms with E-state index in [0.29, 0.717) is 45.3 Å². The van der Waals surface area contributed by atoms with Crippen LogP contribution >= 0.6 is 0 Å². The Kier molecular flexibility index (Phi) is 9.26. The van der Waals surface area contributed by atoms with Crippen molar-refractivity contribution in [2.24, 2.45) is 0 Å². The first-order valence-electron chi connectivity index (χ1n) is 13.4. The molecule has 2 saturated carbocycles. The van der Waals surface area contributed by atoms with Crippen molar-refractivity contribution in [2.75, 3.05) is 19.8 Å². The van der Waals surface area contributed by atoms with E-state index in [9.17, 15) is 39.6 Å². The van der Waals surface area contributed by atoms with E-state index in [1.165, 1.54) is 24.3 Å². The van der Waals surface area contributed by atoms with E-state index in [1.807, 2.05) is 4.72 Å². The van der Waals surface area contributed by atoms with Gasteiger partial charge in [0.15, 0.2) is 0 Å². The molecule has 1 saturated heterocycles. The molecule has 2 aromatic carbocycles. The Bertz CT molecular complexity index is 1420. The van der Waals surface area contributed by atoms with Crippen molar-refractivity contribution < 1.29 is 49.5 Å². The maximum absolute atomic E-state index is 15.0. The van der Waals surface area contributed by atoms with Gasteiger partial charge in [-0.25, -0.2) is 26.7 Å². The Balaban J connectivity index is 0.000000517. The third kappa shape index (κ3) is 7.63. The summed E-state index contributed by atoms with van der Waals surface area (Å²) in [5, 5.41) is 6.56. The summed E-state index contributed by atoms with van der Waals surface area (Å²) in [6.45, 7) is 1.16. The molecule has 2 aromatic rings. The van der Waals surface area contributed by atoms with Crippen molar-refractivity contribution >= 4 is 21.9 Å². The number of amides is 1. The van der Waals surface area contributed by atoms with Gasteiger partial charge in [-0.05, 0) is 98.5 Å². The summed E-state index contributed by atoms with van der Waals surface area (Å²) < 4.78 is 101. The summed E-state index contributed by atoms with van der Waals surface area (Å²) >= 11 is 0. The highest BCUT2D eigenvalue weighted by atomic mass is 32.2. The molecule has 0 bridgehead atoms. The average Bonchev–Trinajstić information content (AvgIpc) is 3.82. The minimum atomic E-state index is -5.08. The van der Waals surface area contributed by atoms with Gasteiger partial charge in [0.2, 0.25) is 10.0 Å². The molecule has 42 heavy (non-hydrogen) atoms. The fraction of sp³-hybridized carbons (Fsp3) is 0.500. The number of hydrogen-bond acceptors (Lipinski definition) is 5. The third-order valence-electron chi connectivity index (χ3n) is 7.85. The number of hydrogen-bond donors (Lipinski definition) is 2. The van der Waals surface area contributed by atoms with E-state index in [1.54, 1.807) is 12.1 Å². The second-order valence-electron chi connectivity index (χ2n) is 11.0. The number of halogens is 6. The molecule has 2 N–H and O–H groups in total. The number of carboxylic acid groups (broad SMARTS) is 1. The van der Waals surface area contributed by atoms with Crippen molar-refractivity contribution in [1.82, 2.24) is 9.62 Å². The number of carboxylic acids is 1. The number of nitrogens with one attached hydrogen (secondary N) is 1. The standard InChI is InChI=1S/C26H29F3N2O3S.C2HF3O2/c27-16-26(19-3-5-20(28)6-4-19)9-11-31(12-10-26)15-18-13-24(29)23(14-22(18)17-1-2-17)25(32)30-35(33,34)21-7-8-21;3-2(4,5)1(6)7/h3-6,13-14,17,21H,1-2,7-12,15-16H2,(H,30,32);(H,6,7). The van der Waals surface area contributed by atoms with E-state index in [0.717, 1.165) is 29.5 Å². The van der Waals surface area contributed by atoms with Crippen LogP contribution in [0.1, 0.15) is 71.5 Å². The zero-order chi connectivity index (χ0) is 30.9. The summed E-state index contributed by atoms with van der Waals surface area (Å²) in [5.41, 5.74) is 1.56. The van der Waals surface area contributed by atoms with E-state index < -0.39 is 51.2 Å². The van der Waals surface area contributed by atoms with Crippen molar-refractivity contribution in [3.63, 3.8) is 0 Å². The van der Waals surface area contributed by atoms with Gasteiger partial charge in [0.05, 0.1) is 17.5 Å². The lowest BCUT2D eigenvalue weighted by Crippen LogP contribution is -2.43. The lowest BCUT2D eigenvalue weighted by molar-refractivity contribution is -0.192. The van der Waals surface area contributed by atoms with E-state index >= 15 is 0 Å². The van der Waals surface area contributed by atoms with Crippen LogP contribution in [0.4, 0.5) is 26.3 Å². The molecule has 1 aliphatic heterocycles. The lowest BCUT2D eigenvalue weighted by atomic mass is 9.74. The lowest BCUT2D eigenvalue weighted by Gasteiger charge is -2.40.